The Morgan fingerprint density at radius 3 is 2.70 bits per heavy atom. The highest BCUT2D eigenvalue weighted by Gasteiger charge is 2.29. The van der Waals surface area contributed by atoms with E-state index < -0.39 is 0 Å². The number of likely N-dealkylation sites (tertiary alicyclic amines) is 1. The minimum atomic E-state index is -0.298. The lowest BCUT2D eigenvalue weighted by Crippen LogP contribution is -2.41. The molecule has 1 heterocycles. The smallest absolute Gasteiger partial charge is 0.309 e. The van der Waals surface area contributed by atoms with Crippen molar-refractivity contribution in [1.82, 2.24) is 10.2 Å². The van der Waals surface area contributed by atoms with Gasteiger partial charge in [0, 0.05) is 30.3 Å². The van der Waals surface area contributed by atoms with Crippen molar-refractivity contribution in [2.45, 2.75) is 26.2 Å². The van der Waals surface area contributed by atoms with E-state index in [0.29, 0.717) is 39.1 Å². The van der Waals surface area contributed by atoms with Gasteiger partial charge in [-0.1, -0.05) is 34.1 Å². The van der Waals surface area contributed by atoms with Gasteiger partial charge in [-0.05, 0) is 37.8 Å². The zero-order valence-electron chi connectivity index (χ0n) is 15.4. The van der Waals surface area contributed by atoms with Crippen molar-refractivity contribution in [2.24, 2.45) is 5.92 Å². The normalized spacial score (nSPS) is 15.1. The summed E-state index contributed by atoms with van der Waals surface area (Å²) in [6, 6.07) is 9.91. The highest BCUT2D eigenvalue weighted by atomic mass is 79.9. The number of benzene rings is 1. The fourth-order valence-corrected chi connectivity index (χ4v) is 3.46. The fraction of sp³-hybridized carbons (Fsp3) is 0.450. The van der Waals surface area contributed by atoms with Gasteiger partial charge >= 0.3 is 5.97 Å². The van der Waals surface area contributed by atoms with Crippen LogP contribution >= 0.6 is 15.9 Å². The van der Waals surface area contributed by atoms with Crippen LogP contribution in [0.2, 0.25) is 0 Å². The van der Waals surface area contributed by atoms with Gasteiger partial charge in [0.15, 0.2) is 0 Å². The molecule has 0 aliphatic carbocycles. The Hall–Kier alpha value is -2.33. The molecule has 0 aromatic heterocycles. The zero-order valence-corrected chi connectivity index (χ0v) is 17.0. The molecular weight excluding hydrogens is 410 g/mol. The number of hydrogen-bond donors (Lipinski definition) is 1. The molecule has 1 saturated heterocycles. The topological polar surface area (TPSA) is 82.4 Å². The Morgan fingerprint density at radius 2 is 2.07 bits per heavy atom. The molecule has 0 saturated carbocycles. The first-order chi connectivity index (χ1) is 13.1. The van der Waals surface area contributed by atoms with Crippen LogP contribution in [0.5, 0.6) is 0 Å². The van der Waals surface area contributed by atoms with Crippen LogP contribution in [0.25, 0.3) is 0 Å². The second kappa shape index (κ2) is 10.7. The van der Waals surface area contributed by atoms with E-state index in [1.54, 1.807) is 11.8 Å². The molecular formula is C20H24BrN3O3. The molecule has 2 rings (SSSR count). The number of carbonyl (C=O) groups excluding carboxylic acids is 2. The molecule has 1 aliphatic rings. The van der Waals surface area contributed by atoms with E-state index in [4.69, 9.17) is 4.74 Å². The average Bonchev–Trinajstić information content (AvgIpc) is 2.69. The number of piperidine rings is 1. The van der Waals surface area contributed by atoms with Crippen LogP contribution in [0.4, 0.5) is 0 Å². The molecule has 1 aromatic carbocycles. The fourth-order valence-electron chi connectivity index (χ4n) is 2.97. The molecule has 1 N–H and O–H groups in total. The summed E-state index contributed by atoms with van der Waals surface area (Å²) in [6.07, 6.45) is 3.39. The molecule has 1 aliphatic heterocycles. The van der Waals surface area contributed by atoms with E-state index in [1.165, 1.54) is 6.20 Å². The van der Waals surface area contributed by atoms with Gasteiger partial charge in [-0.3, -0.25) is 9.59 Å². The summed E-state index contributed by atoms with van der Waals surface area (Å²) in [5.41, 5.74) is 1.24. The molecule has 1 amide bonds. The third-order valence-corrected chi connectivity index (χ3v) is 5.27. The second-order valence-corrected chi connectivity index (χ2v) is 7.14. The van der Waals surface area contributed by atoms with E-state index in [0.717, 1.165) is 16.5 Å². The first-order valence-corrected chi connectivity index (χ1v) is 9.89. The second-order valence-electron chi connectivity index (χ2n) is 6.28. The van der Waals surface area contributed by atoms with Crippen LogP contribution in [-0.2, 0) is 20.7 Å². The Bertz CT molecular complexity index is 734. The van der Waals surface area contributed by atoms with Crippen molar-refractivity contribution >= 4 is 27.8 Å². The van der Waals surface area contributed by atoms with Crippen LogP contribution in [-0.4, -0.2) is 43.0 Å². The largest absolute Gasteiger partial charge is 0.466 e. The summed E-state index contributed by atoms with van der Waals surface area (Å²) in [5.74, 6) is -0.659. The number of nitriles is 1. The molecule has 1 fully saturated rings. The Labute approximate surface area is 168 Å². The summed E-state index contributed by atoms with van der Waals surface area (Å²) >= 11 is 3.50. The number of amides is 1. The van der Waals surface area contributed by atoms with Crippen molar-refractivity contribution in [3.8, 4) is 6.07 Å². The maximum atomic E-state index is 12.5. The highest BCUT2D eigenvalue weighted by molar-refractivity contribution is 9.10. The molecule has 0 atom stereocenters. The third-order valence-electron chi connectivity index (χ3n) is 4.50. The number of hydrogen-bond acceptors (Lipinski definition) is 5. The molecule has 7 heteroatoms. The van der Waals surface area contributed by atoms with Crippen molar-refractivity contribution in [2.75, 3.05) is 26.2 Å². The predicted molar refractivity (Wildman–Crippen MR) is 105 cm³/mol. The summed E-state index contributed by atoms with van der Waals surface area (Å²) in [5, 5.41) is 12.4. The SMILES string of the molecule is CCOC(=O)C1CCN(C(=O)/C(C#N)=C\NCCc2ccccc2Br)CC1. The van der Waals surface area contributed by atoms with Gasteiger partial charge in [-0.25, -0.2) is 0 Å². The quantitative estimate of drug-likeness (QED) is 0.309. The van der Waals surface area contributed by atoms with Gasteiger partial charge in [0.25, 0.3) is 5.91 Å². The van der Waals surface area contributed by atoms with Gasteiger partial charge in [0.1, 0.15) is 11.6 Å². The van der Waals surface area contributed by atoms with Gasteiger partial charge in [-0.2, -0.15) is 5.26 Å². The number of carbonyl (C=O) groups is 2. The lowest BCUT2D eigenvalue weighted by Gasteiger charge is -2.30. The summed E-state index contributed by atoms with van der Waals surface area (Å²) < 4.78 is 6.08. The predicted octanol–water partition coefficient (Wildman–Crippen LogP) is 2.79. The first kappa shape index (κ1) is 21.0. The highest BCUT2D eigenvalue weighted by Crippen LogP contribution is 2.20. The Balaban J connectivity index is 1.83. The number of rotatable bonds is 7. The maximum absolute atomic E-state index is 12.5. The van der Waals surface area contributed by atoms with E-state index in [1.807, 2.05) is 30.3 Å². The number of esters is 1. The van der Waals surface area contributed by atoms with Crippen molar-refractivity contribution in [3.05, 3.63) is 46.1 Å². The molecule has 6 nitrogen and oxygen atoms in total. The molecule has 27 heavy (non-hydrogen) atoms. The van der Waals surface area contributed by atoms with Crippen LogP contribution in [0.1, 0.15) is 25.3 Å². The van der Waals surface area contributed by atoms with Crippen molar-refractivity contribution in [3.63, 3.8) is 0 Å². The summed E-state index contributed by atoms with van der Waals surface area (Å²) in [4.78, 5) is 25.9. The monoisotopic (exact) mass is 433 g/mol. The van der Waals surface area contributed by atoms with Crippen LogP contribution in [0.15, 0.2) is 40.5 Å². The lowest BCUT2D eigenvalue weighted by molar-refractivity contribution is -0.150. The number of ether oxygens (including phenoxy) is 1. The minimum absolute atomic E-state index is 0.0803. The maximum Gasteiger partial charge on any atom is 0.309 e. The molecule has 0 unspecified atom stereocenters. The van der Waals surface area contributed by atoms with Crippen LogP contribution in [0.3, 0.4) is 0 Å². The molecule has 0 bridgehead atoms. The van der Waals surface area contributed by atoms with Crippen molar-refractivity contribution < 1.29 is 14.3 Å². The van der Waals surface area contributed by atoms with E-state index >= 15 is 0 Å². The zero-order chi connectivity index (χ0) is 19.6. The van der Waals surface area contributed by atoms with Crippen LogP contribution < -0.4 is 5.32 Å². The lowest BCUT2D eigenvalue weighted by atomic mass is 9.96. The molecule has 0 radical (unpaired) electrons. The van der Waals surface area contributed by atoms with E-state index in [-0.39, 0.29) is 23.4 Å². The number of nitrogens with one attached hydrogen (secondary N) is 1. The van der Waals surface area contributed by atoms with Crippen LogP contribution in [0, 0.1) is 17.2 Å². The summed E-state index contributed by atoms with van der Waals surface area (Å²) in [6.45, 7) is 3.68. The average molecular weight is 434 g/mol. The Morgan fingerprint density at radius 1 is 1.37 bits per heavy atom. The summed E-state index contributed by atoms with van der Waals surface area (Å²) in [7, 11) is 0. The Kier molecular flexibility index (Phi) is 8.34. The van der Waals surface area contributed by atoms with Gasteiger partial charge in [-0.15, -0.1) is 0 Å². The number of halogens is 1. The molecule has 1 aromatic rings. The van der Waals surface area contributed by atoms with E-state index in [9.17, 15) is 14.9 Å². The first-order valence-electron chi connectivity index (χ1n) is 9.09. The molecule has 144 valence electrons. The van der Waals surface area contributed by atoms with Gasteiger partial charge in [0.05, 0.1) is 12.5 Å². The van der Waals surface area contributed by atoms with Crippen molar-refractivity contribution in [1.29, 1.82) is 5.26 Å². The number of nitrogens with zero attached hydrogens (tertiary/aromatic N) is 2. The van der Waals surface area contributed by atoms with Gasteiger partial charge in [0.2, 0.25) is 0 Å². The minimum Gasteiger partial charge on any atom is -0.466 e. The van der Waals surface area contributed by atoms with Gasteiger partial charge < -0.3 is 15.0 Å². The standard InChI is InChI=1S/C20H24BrN3O3/c1-2-27-20(26)16-8-11-24(12-9-16)19(25)17(13-22)14-23-10-7-15-5-3-4-6-18(15)21/h3-6,14,16,23H,2,7-12H2,1H3/b17-14-. The third kappa shape index (κ3) is 6.10. The van der Waals surface area contributed by atoms with E-state index in [2.05, 4.69) is 21.2 Å². The molecule has 0 spiro atoms.